The molecule has 0 N–H and O–H groups in total. The number of nitrogens with zero attached hydrogens (tertiary/aromatic N) is 2. The minimum Gasteiger partial charge on any atom is -0.343 e. The van der Waals surface area contributed by atoms with Gasteiger partial charge in [0, 0.05) is 26.1 Å². The molecule has 0 radical (unpaired) electrons. The van der Waals surface area contributed by atoms with Crippen LogP contribution < -0.4 is 0 Å². The number of halogens is 2. The van der Waals surface area contributed by atoms with Crippen LogP contribution in [0.1, 0.15) is 37.7 Å². The third-order valence-corrected chi connectivity index (χ3v) is 5.33. The van der Waals surface area contributed by atoms with Gasteiger partial charge in [0.1, 0.15) is 5.82 Å². The summed E-state index contributed by atoms with van der Waals surface area (Å²) in [6, 6.07) is 5.02. The minimum atomic E-state index is -0.352. The van der Waals surface area contributed by atoms with E-state index in [9.17, 15) is 9.18 Å². The molecule has 126 valence electrons. The van der Waals surface area contributed by atoms with Crippen molar-refractivity contribution in [3.05, 3.63) is 34.6 Å². The maximum Gasteiger partial charge on any atom is 0.222 e. The molecule has 2 aliphatic heterocycles. The zero-order valence-electron chi connectivity index (χ0n) is 13.4. The fourth-order valence-corrected chi connectivity index (χ4v) is 3.70. The molecule has 0 saturated carbocycles. The number of amides is 1. The zero-order chi connectivity index (χ0) is 16.2. The lowest BCUT2D eigenvalue weighted by Crippen LogP contribution is -2.36. The predicted octanol–water partition coefficient (Wildman–Crippen LogP) is 3.70. The minimum absolute atomic E-state index is 0.174. The van der Waals surface area contributed by atoms with E-state index in [4.69, 9.17) is 11.6 Å². The van der Waals surface area contributed by atoms with Crippen molar-refractivity contribution < 1.29 is 9.18 Å². The molecule has 1 aromatic rings. The van der Waals surface area contributed by atoms with E-state index in [1.807, 2.05) is 11.0 Å². The number of carbonyl (C=O) groups is 1. The van der Waals surface area contributed by atoms with Crippen LogP contribution in [0.15, 0.2) is 18.2 Å². The second-order valence-corrected chi connectivity index (χ2v) is 7.17. The van der Waals surface area contributed by atoms with Crippen LogP contribution in [0.4, 0.5) is 4.39 Å². The van der Waals surface area contributed by atoms with Crippen molar-refractivity contribution in [2.75, 3.05) is 26.2 Å². The summed E-state index contributed by atoms with van der Waals surface area (Å²) in [5.74, 6) is 0.484. The highest BCUT2D eigenvalue weighted by atomic mass is 35.5. The molecule has 5 heteroatoms. The Bertz CT molecular complexity index is 552. The van der Waals surface area contributed by atoms with Crippen molar-refractivity contribution in [1.29, 1.82) is 0 Å². The lowest BCUT2D eigenvalue weighted by molar-refractivity contribution is -0.131. The first-order chi connectivity index (χ1) is 11.1. The van der Waals surface area contributed by atoms with Crippen molar-refractivity contribution >= 4 is 17.5 Å². The van der Waals surface area contributed by atoms with Crippen LogP contribution in [0, 0.1) is 11.7 Å². The topological polar surface area (TPSA) is 23.6 Å². The highest BCUT2D eigenvalue weighted by Gasteiger charge is 2.25. The summed E-state index contributed by atoms with van der Waals surface area (Å²) in [6.07, 6.45) is 5.11. The van der Waals surface area contributed by atoms with Crippen molar-refractivity contribution in [1.82, 2.24) is 9.80 Å². The fraction of sp³-hybridized carbons (Fsp3) is 0.611. The monoisotopic (exact) mass is 338 g/mol. The molecule has 1 aromatic carbocycles. The van der Waals surface area contributed by atoms with E-state index in [0.29, 0.717) is 18.2 Å². The maximum absolute atomic E-state index is 13.5. The van der Waals surface area contributed by atoms with Crippen LogP contribution in [0.25, 0.3) is 0 Å². The molecule has 2 heterocycles. The summed E-state index contributed by atoms with van der Waals surface area (Å²) >= 11 is 5.72. The molecular formula is C18H24ClFN2O. The number of likely N-dealkylation sites (tertiary alicyclic amines) is 2. The number of hydrogen-bond acceptors (Lipinski definition) is 2. The van der Waals surface area contributed by atoms with Crippen LogP contribution in [-0.4, -0.2) is 41.9 Å². The highest BCUT2D eigenvalue weighted by molar-refractivity contribution is 6.30. The predicted molar refractivity (Wildman–Crippen MR) is 89.8 cm³/mol. The number of hydrogen-bond donors (Lipinski definition) is 0. The van der Waals surface area contributed by atoms with Gasteiger partial charge in [-0.1, -0.05) is 17.7 Å². The summed E-state index contributed by atoms with van der Waals surface area (Å²) in [6.45, 7) is 4.59. The lowest BCUT2D eigenvalue weighted by atomic mass is 9.92. The van der Waals surface area contributed by atoms with Gasteiger partial charge in [-0.25, -0.2) is 4.39 Å². The quantitative estimate of drug-likeness (QED) is 0.835. The van der Waals surface area contributed by atoms with Crippen LogP contribution in [-0.2, 0) is 11.3 Å². The van der Waals surface area contributed by atoms with Crippen LogP contribution in [0.3, 0.4) is 0 Å². The van der Waals surface area contributed by atoms with Crippen molar-refractivity contribution in [3.63, 3.8) is 0 Å². The first kappa shape index (κ1) is 16.7. The Balaban J connectivity index is 1.44. The van der Waals surface area contributed by atoms with E-state index >= 15 is 0 Å². The molecule has 2 aliphatic rings. The number of rotatable bonds is 4. The standard InChI is InChI=1S/C18H24ClFN2O/c19-16-4-3-15(11-17(16)20)13-21-9-5-14(6-10-21)12-18(23)22-7-1-2-8-22/h3-4,11,14H,1-2,5-10,12-13H2. The summed E-state index contributed by atoms with van der Waals surface area (Å²) in [4.78, 5) is 16.6. The molecule has 0 aliphatic carbocycles. The van der Waals surface area contributed by atoms with Crippen LogP contribution in [0.5, 0.6) is 0 Å². The molecule has 2 saturated heterocycles. The van der Waals surface area contributed by atoms with Gasteiger partial charge >= 0.3 is 0 Å². The molecule has 0 spiro atoms. The molecular weight excluding hydrogens is 315 g/mol. The molecule has 0 atom stereocenters. The SMILES string of the molecule is O=C(CC1CCN(Cc2ccc(Cl)c(F)c2)CC1)N1CCCC1. The second kappa shape index (κ2) is 7.63. The third-order valence-electron chi connectivity index (χ3n) is 5.02. The zero-order valence-corrected chi connectivity index (χ0v) is 14.2. The van der Waals surface area contributed by atoms with Gasteiger partial charge in [0.15, 0.2) is 0 Å². The average Bonchev–Trinajstić information content (AvgIpc) is 3.07. The highest BCUT2D eigenvalue weighted by Crippen LogP contribution is 2.24. The largest absolute Gasteiger partial charge is 0.343 e. The smallest absolute Gasteiger partial charge is 0.222 e. The Morgan fingerprint density at radius 2 is 1.87 bits per heavy atom. The van der Waals surface area contributed by atoms with Crippen molar-refractivity contribution in [3.8, 4) is 0 Å². The average molecular weight is 339 g/mol. The van der Waals surface area contributed by atoms with Gasteiger partial charge < -0.3 is 4.90 Å². The maximum atomic E-state index is 13.5. The summed E-state index contributed by atoms with van der Waals surface area (Å²) in [5, 5.41) is 0.174. The van der Waals surface area contributed by atoms with Crippen molar-refractivity contribution in [2.24, 2.45) is 5.92 Å². The molecule has 0 bridgehead atoms. The summed E-state index contributed by atoms with van der Waals surface area (Å²) in [7, 11) is 0. The van der Waals surface area contributed by atoms with E-state index in [2.05, 4.69) is 4.90 Å². The molecule has 2 fully saturated rings. The molecule has 1 amide bonds. The third kappa shape index (κ3) is 4.45. The van der Waals surface area contributed by atoms with Crippen LogP contribution in [0.2, 0.25) is 5.02 Å². The molecule has 23 heavy (non-hydrogen) atoms. The number of carbonyl (C=O) groups excluding carboxylic acids is 1. The fourth-order valence-electron chi connectivity index (χ4n) is 3.59. The van der Waals surface area contributed by atoms with Gasteiger partial charge in [0.25, 0.3) is 0 Å². The van der Waals surface area contributed by atoms with Gasteiger partial charge in [-0.3, -0.25) is 9.69 Å². The molecule has 3 rings (SSSR count). The van der Waals surface area contributed by atoms with E-state index in [-0.39, 0.29) is 10.8 Å². The number of piperidine rings is 1. The van der Waals surface area contributed by atoms with E-state index < -0.39 is 0 Å². The normalized spacial score (nSPS) is 20.2. The Morgan fingerprint density at radius 3 is 2.52 bits per heavy atom. The first-order valence-electron chi connectivity index (χ1n) is 8.56. The van der Waals surface area contributed by atoms with E-state index in [1.165, 1.54) is 6.07 Å². The second-order valence-electron chi connectivity index (χ2n) is 6.76. The number of benzene rings is 1. The van der Waals surface area contributed by atoms with Gasteiger partial charge in [0.05, 0.1) is 5.02 Å². The lowest BCUT2D eigenvalue weighted by Gasteiger charge is -2.32. The van der Waals surface area contributed by atoms with Gasteiger partial charge in [-0.2, -0.15) is 0 Å². The van der Waals surface area contributed by atoms with Crippen LogP contribution >= 0.6 is 11.6 Å². The Hall–Kier alpha value is -1.13. The first-order valence-corrected chi connectivity index (χ1v) is 8.93. The molecule has 0 unspecified atom stereocenters. The molecule has 0 aromatic heterocycles. The Morgan fingerprint density at radius 1 is 1.17 bits per heavy atom. The van der Waals surface area contributed by atoms with E-state index in [0.717, 1.165) is 64.0 Å². The molecule has 3 nitrogen and oxygen atoms in total. The van der Waals surface area contributed by atoms with E-state index in [1.54, 1.807) is 6.07 Å². The Labute approximate surface area is 142 Å². The van der Waals surface area contributed by atoms with Gasteiger partial charge in [0.2, 0.25) is 5.91 Å². The van der Waals surface area contributed by atoms with Gasteiger partial charge in [-0.05, 0) is 62.4 Å². The van der Waals surface area contributed by atoms with Gasteiger partial charge in [-0.15, -0.1) is 0 Å². The Kier molecular flexibility index (Phi) is 5.54. The summed E-state index contributed by atoms with van der Waals surface area (Å²) < 4.78 is 13.5. The van der Waals surface area contributed by atoms with Crippen molar-refractivity contribution in [2.45, 2.75) is 38.6 Å². The summed E-state index contributed by atoms with van der Waals surface area (Å²) in [5.41, 5.74) is 0.957.